The first-order valence-corrected chi connectivity index (χ1v) is 8.73. The lowest BCUT2D eigenvalue weighted by Gasteiger charge is -2.12. The van der Waals surface area contributed by atoms with Gasteiger partial charge in [0.15, 0.2) is 0 Å². The SMILES string of the molecule is CCNCCC/N=C1/c2ccccc2CCc2c(C)cccc21. The fourth-order valence-corrected chi connectivity index (χ4v) is 3.37. The number of aliphatic imine (C=N–C) groups is 1. The molecule has 0 amide bonds. The van der Waals surface area contributed by atoms with Gasteiger partial charge in [-0.05, 0) is 56.0 Å². The topological polar surface area (TPSA) is 24.4 Å². The molecule has 2 heteroatoms. The molecule has 0 fully saturated rings. The van der Waals surface area contributed by atoms with Gasteiger partial charge in [0.1, 0.15) is 0 Å². The Kier molecular flexibility index (Phi) is 5.24. The zero-order valence-electron chi connectivity index (χ0n) is 14.2. The summed E-state index contributed by atoms with van der Waals surface area (Å²) in [5.74, 6) is 0. The van der Waals surface area contributed by atoms with Gasteiger partial charge in [0.25, 0.3) is 0 Å². The van der Waals surface area contributed by atoms with E-state index in [1.165, 1.54) is 33.5 Å². The summed E-state index contributed by atoms with van der Waals surface area (Å²) in [7, 11) is 0. The van der Waals surface area contributed by atoms with E-state index < -0.39 is 0 Å². The Labute approximate surface area is 139 Å². The standard InChI is InChI=1S/C21H26N2/c1-3-22-14-7-15-23-21-19-10-5-4-9-17(19)12-13-18-16(2)8-6-11-20(18)21/h4-6,8-11,22H,3,7,12-15H2,1-2H3/b23-21-. The molecule has 0 unspecified atom stereocenters. The number of hydrogen-bond acceptors (Lipinski definition) is 2. The second kappa shape index (κ2) is 7.56. The lowest BCUT2D eigenvalue weighted by atomic mass is 9.95. The molecule has 2 nitrogen and oxygen atoms in total. The monoisotopic (exact) mass is 306 g/mol. The van der Waals surface area contributed by atoms with Crippen LogP contribution in [-0.2, 0) is 12.8 Å². The van der Waals surface area contributed by atoms with Crippen LogP contribution in [0, 0.1) is 6.92 Å². The molecule has 2 aromatic carbocycles. The highest BCUT2D eigenvalue weighted by Gasteiger charge is 2.19. The molecule has 0 heterocycles. The van der Waals surface area contributed by atoms with Gasteiger partial charge in [-0.15, -0.1) is 0 Å². The van der Waals surface area contributed by atoms with Crippen LogP contribution in [0.15, 0.2) is 47.5 Å². The lowest BCUT2D eigenvalue weighted by Crippen LogP contribution is -2.15. The van der Waals surface area contributed by atoms with Gasteiger partial charge in [0.05, 0.1) is 5.71 Å². The highest BCUT2D eigenvalue weighted by atomic mass is 14.8. The van der Waals surface area contributed by atoms with Gasteiger partial charge in [-0.3, -0.25) is 4.99 Å². The summed E-state index contributed by atoms with van der Waals surface area (Å²) in [4.78, 5) is 5.02. The molecule has 0 saturated carbocycles. The van der Waals surface area contributed by atoms with E-state index in [0.29, 0.717) is 0 Å². The van der Waals surface area contributed by atoms with Gasteiger partial charge in [0.2, 0.25) is 0 Å². The highest BCUT2D eigenvalue weighted by Crippen LogP contribution is 2.27. The summed E-state index contributed by atoms with van der Waals surface area (Å²) in [5.41, 5.74) is 8.12. The van der Waals surface area contributed by atoms with E-state index in [9.17, 15) is 0 Å². The molecule has 23 heavy (non-hydrogen) atoms. The largest absolute Gasteiger partial charge is 0.317 e. The molecule has 0 spiro atoms. The molecule has 0 aromatic heterocycles. The van der Waals surface area contributed by atoms with Crippen molar-refractivity contribution in [2.24, 2.45) is 4.99 Å². The molecule has 1 aliphatic rings. The van der Waals surface area contributed by atoms with Crippen molar-refractivity contribution >= 4 is 5.71 Å². The van der Waals surface area contributed by atoms with Crippen LogP contribution in [0.1, 0.15) is 41.2 Å². The molecule has 0 atom stereocenters. The first-order chi connectivity index (χ1) is 11.3. The Bertz CT molecular complexity index is 701. The van der Waals surface area contributed by atoms with Gasteiger partial charge in [-0.2, -0.15) is 0 Å². The molecule has 1 N–H and O–H groups in total. The second-order valence-corrected chi connectivity index (χ2v) is 6.20. The summed E-state index contributed by atoms with van der Waals surface area (Å²) in [6.07, 6.45) is 3.29. The molecule has 0 saturated heterocycles. The fraction of sp³-hybridized carbons (Fsp3) is 0.381. The zero-order valence-corrected chi connectivity index (χ0v) is 14.2. The van der Waals surface area contributed by atoms with Crippen LogP contribution in [0.4, 0.5) is 0 Å². The van der Waals surface area contributed by atoms with Gasteiger partial charge in [-0.1, -0.05) is 49.4 Å². The molecule has 0 bridgehead atoms. The van der Waals surface area contributed by atoms with Crippen molar-refractivity contribution in [2.45, 2.75) is 33.1 Å². The summed E-state index contributed by atoms with van der Waals surface area (Å²) >= 11 is 0. The van der Waals surface area contributed by atoms with Crippen LogP contribution >= 0.6 is 0 Å². The first kappa shape index (κ1) is 15.9. The number of hydrogen-bond donors (Lipinski definition) is 1. The Morgan fingerprint density at radius 3 is 2.70 bits per heavy atom. The van der Waals surface area contributed by atoms with E-state index in [-0.39, 0.29) is 0 Å². The number of aryl methyl sites for hydroxylation is 2. The smallest absolute Gasteiger partial charge is 0.0724 e. The maximum atomic E-state index is 5.02. The quantitative estimate of drug-likeness (QED) is 0.832. The molecule has 2 aromatic rings. The molecule has 0 radical (unpaired) electrons. The third-order valence-corrected chi connectivity index (χ3v) is 4.61. The van der Waals surface area contributed by atoms with Crippen molar-refractivity contribution in [3.63, 3.8) is 0 Å². The third kappa shape index (κ3) is 3.53. The Hall–Kier alpha value is -1.93. The molecular formula is C21H26N2. The summed E-state index contributed by atoms with van der Waals surface area (Å²) in [6, 6.07) is 15.4. The first-order valence-electron chi connectivity index (χ1n) is 8.73. The number of fused-ring (bicyclic) bond motifs is 2. The van der Waals surface area contributed by atoms with Crippen molar-refractivity contribution in [3.8, 4) is 0 Å². The number of rotatable bonds is 5. The van der Waals surface area contributed by atoms with Crippen molar-refractivity contribution < 1.29 is 0 Å². The molecule has 120 valence electrons. The average Bonchev–Trinajstić information content (AvgIpc) is 2.73. The molecular weight excluding hydrogens is 280 g/mol. The minimum Gasteiger partial charge on any atom is -0.317 e. The van der Waals surface area contributed by atoms with E-state index in [2.05, 4.69) is 61.6 Å². The van der Waals surface area contributed by atoms with Gasteiger partial charge >= 0.3 is 0 Å². The van der Waals surface area contributed by atoms with E-state index in [4.69, 9.17) is 4.99 Å². The minimum atomic E-state index is 0.879. The van der Waals surface area contributed by atoms with Gasteiger partial charge in [0, 0.05) is 17.7 Å². The molecule has 0 aliphatic heterocycles. The third-order valence-electron chi connectivity index (χ3n) is 4.61. The molecule has 3 rings (SSSR count). The molecule has 1 aliphatic carbocycles. The number of benzene rings is 2. The fourth-order valence-electron chi connectivity index (χ4n) is 3.37. The van der Waals surface area contributed by atoms with Crippen LogP contribution in [0.2, 0.25) is 0 Å². The maximum Gasteiger partial charge on any atom is 0.0724 e. The Morgan fingerprint density at radius 1 is 1.00 bits per heavy atom. The maximum absolute atomic E-state index is 5.02. The summed E-state index contributed by atoms with van der Waals surface area (Å²) in [6.45, 7) is 7.31. The van der Waals surface area contributed by atoms with Crippen LogP contribution in [0.25, 0.3) is 0 Å². The Balaban J connectivity index is 1.98. The number of nitrogens with one attached hydrogen (secondary N) is 1. The van der Waals surface area contributed by atoms with E-state index in [1.807, 2.05) is 0 Å². The van der Waals surface area contributed by atoms with E-state index in [0.717, 1.165) is 38.9 Å². The summed E-state index contributed by atoms with van der Waals surface area (Å²) < 4.78 is 0. The minimum absolute atomic E-state index is 0.879. The Morgan fingerprint density at radius 2 is 1.83 bits per heavy atom. The van der Waals surface area contributed by atoms with Crippen LogP contribution < -0.4 is 5.32 Å². The normalized spacial score (nSPS) is 15.1. The predicted octanol–water partition coefficient (Wildman–Crippen LogP) is 3.93. The van der Waals surface area contributed by atoms with Crippen molar-refractivity contribution in [2.75, 3.05) is 19.6 Å². The zero-order chi connectivity index (χ0) is 16.1. The van der Waals surface area contributed by atoms with Gasteiger partial charge < -0.3 is 5.32 Å². The van der Waals surface area contributed by atoms with E-state index >= 15 is 0 Å². The predicted molar refractivity (Wildman–Crippen MR) is 98.7 cm³/mol. The number of nitrogens with zero attached hydrogens (tertiary/aromatic N) is 1. The lowest BCUT2D eigenvalue weighted by molar-refractivity contribution is 0.680. The van der Waals surface area contributed by atoms with Crippen LogP contribution in [-0.4, -0.2) is 25.3 Å². The van der Waals surface area contributed by atoms with Crippen LogP contribution in [0.5, 0.6) is 0 Å². The van der Waals surface area contributed by atoms with Crippen molar-refractivity contribution in [1.82, 2.24) is 5.32 Å². The average molecular weight is 306 g/mol. The van der Waals surface area contributed by atoms with Gasteiger partial charge in [-0.25, -0.2) is 0 Å². The summed E-state index contributed by atoms with van der Waals surface area (Å²) in [5, 5.41) is 3.38. The van der Waals surface area contributed by atoms with Crippen LogP contribution in [0.3, 0.4) is 0 Å². The van der Waals surface area contributed by atoms with Crippen molar-refractivity contribution in [3.05, 3.63) is 70.3 Å². The highest BCUT2D eigenvalue weighted by molar-refractivity contribution is 6.15. The van der Waals surface area contributed by atoms with Crippen molar-refractivity contribution in [1.29, 1.82) is 0 Å². The second-order valence-electron chi connectivity index (χ2n) is 6.20. The van der Waals surface area contributed by atoms with E-state index in [1.54, 1.807) is 0 Å².